The van der Waals surface area contributed by atoms with Gasteiger partial charge in [-0.3, -0.25) is 30.6 Å². The van der Waals surface area contributed by atoms with Crippen molar-refractivity contribution in [2.45, 2.75) is 117 Å². The summed E-state index contributed by atoms with van der Waals surface area (Å²) in [7, 11) is 0. The predicted octanol–water partition coefficient (Wildman–Crippen LogP) is 4.13. The molecule has 0 spiro atoms. The number of hydrogen-bond donors (Lipinski definition) is 6. The van der Waals surface area contributed by atoms with E-state index in [4.69, 9.17) is 22.9 Å². The molecule has 0 aromatic heterocycles. The van der Waals surface area contributed by atoms with Gasteiger partial charge in [-0.05, 0) is 25.7 Å². The Balaban J connectivity index is 0. The Labute approximate surface area is 232 Å². The molecule has 0 bridgehead atoms. The van der Waals surface area contributed by atoms with Crippen molar-refractivity contribution in [3.63, 3.8) is 0 Å². The lowest BCUT2D eigenvalue weighted by molar-refractivity contribution is 0.593. The summed E-state index contributed by atoms with van der Waals surface area (Å²) in [5, 5.41) is 5.67. The van der Waals surface area contributed by atoms with E-state index in [9.17, 15) is 0 Å². The highest BCUT2D eigenvalue weighted by Crippen LogP contribution is 2.07. The lowest BCUT2D eigenvalue weighted by atomic mass is 10.1. The summed E-state index contributed by atoms with van der Waals surface area (Å²) in [6.07, 6.45) is 19.1. The van der Waals surface area contributed by atoms with E-state index in [0.29, 0.717) is 38.1 Å². The topological polar surface area (TPSA) is 178 Å². The summed E-state index contributed by atoms with van der Waals surface area (Å²) in [5.74, 6) is 1.20. The van der Waals surface area contributed by atoms with E-state index in [2.05, 4.69) is 44.5 Å². The third-order valence-electron chi connectivity index (χ3n) is 5.73. The normalized spacial score (nSPS) is 12.9. The minimum Gasteiger partial charge on any atom is -0.370 e. The first-order valence-electron chi connectivity index (χ1n) is 14.2. The molecule has 0 aliphatic heterocycles. The molecule has 10 N–H and O–H groups in total. The van der Waals surface area contributed by atoms with E-state index in [-0.39, 0.29) is 24.3 Å². The number of nitrogens with one attached hydrogen (secondary N) is 2. The first kappa shape index (κ1) is 36.9. The average Bonchev–Trinajstić information content (AvgIpc) is 2.84. The zero-order valence-corrected chi connectivity index (χ0v) is 24.5. The highest BCUT2D eigenvalue weighted by atomic mass is 35.5. The van der Waals surface area contributed by atoms with E-state index in [1.807, 2.05) is 0 Å². The number of hydrogen-bond acceptors (Lipinski definition) is 4. The van der Waals surface area contributed by atoms with Gasteiger partial charge in [0.15, 0.2) is 23.8 Å². The molecular weight excluding hydrogens is 488 g/mol. The largest absolute Gasteiger partial charge is 0.370 e. The van der Waals surface area contributed by atoms with Crippen molar-refractivity contribution in [3.8, 4) is 0 Å². The van der Waals surface area contributed by atoms with Crippen molar-refractivity contribution in [2.75, 3.05) is 26.2 Å². The molecular formula is C26H57ClN10. The smallest absolute Gasteiger partial charge is 0.195 e. The Kier molecular flexibility index (Phi) is 28.3. The van der Waals surface area contributed by atoms with Crippen molar-refractivity contribution < 1.29 is 0 Å². The zero-order valence-electron chi connectivity index (χ0n) is 23.6. The maximum Gasteiger partial charge on any atom is 0.195 e. The summed E-state index contributed by atoms with van der Waals surface area (Å²) >= 11 is 0. The number of unbranched alkanes of at least 4 members (excludes halogenated alkanes) is 13. The van der Waals surface area contributed by atoms with E-state index < -0.39 is 0 Å². The van der Waals surface area contributed by atoms with Gasteiger partial charge in [0.05, 0.1) is 0 Å². The fourth-order valence-corrected chi connectivity index (χ4v) is 3.58. The van der Waals surface area contributed by atoms with E-state index in [1.54, 1.807) is 0 Å². The maximum absolute atomic E-state index is 5.87. The molecule has 0 aromatic rings. The number of nitrogens with two attached hydrogens (primary N) is 4. The number of halogens is 1. The standard InChI is InChI=1S/C26H56N10.ClH/c1-3-5-7-9-11-13-15-19-31-23(27)35-25(29)33-21-17-18-22-34-26(30)36-24(28)32-20-16-14-12-10-8-6-4-2;/h3-22H2,1-2H3,(H5,27,29,31,33,35)(H5,28,30,32,34,36);1H. The van der Waals surface area contributed by atoms with Gasteiger partial charge in [0, 0.05) is 26.2 Å². The van der Waals surface area contributed by atoms with Crippen LogP contribution in [0.5, 0.6) is 0 Å². The molecule has 0 saturated heterocycles. The predicted molar refractivity (Wildman–Crippen MR) is 165 cm³/mol. The molecule has 0 fully saturated rings. The molecule has 0 aliphatic rings. The Morgan fingerprint density at radius 2 is 0.622 bits per heavy atom. The molecule has 0 aromatic carbocycles. The quantitative estimate of drug-likeness (QED) is 0.0718. The van der Waals surface area contributed by atoms with Crippen LogP contribution in [-0.2, 0) is 0 Å². The first-order valence-corrected chi connectivity index (χ1v) is 14.2. The van der Waals surface area contributed by atoms with Gasteiger partial charge in [0.1, 0.15) is 0 Å². The summed E-state index contributed by atoms with van der Waals surface area (Å²) in [4.78, 5) is 17.2. The van der Waals surface area contributed by atoms with Crippen LogP contribution in [0.4, 0.5) is 0 Å². The molecule has 0 amide bonds. The van der Waals surface area contributed by atoms with Crippen LogP contribution in [0.3, 0.4) is 0 Å². The fraction of sp³-hybridized carbons (Fsp3) is 0.846. The molecule has 0 heterocycles. The van der Waals surface area contributed by atoms with Gasteiger partial charge >= 0.3 is 0 Å². The van der Waals surface area contributed by atoms with Crippen LogP contribution in [0.25, 0.3) is 0 Å². The van der Waals surface area contributed by atoms with E-state index in [0.717, 1.165) is 25.7 Å². The second-order valence-corrected chi connectivity index (χ2v) is 9.27. The monoisotopic (exact) mass is 544 g/mol. The van der Waals surface area contributed by atoms with Gasteiger partial charge in [0.2, 0.25) is 0 Å². The molecule has 0 saturated carbocycles. The van der Waals surface area contributed by atoms with Crippen molar-refractivity contribution in [1.29, 1.82) is 0 Å². The van der Waals surface area contributed by atoms with Crippen LogP contribution in [0.15, 0.2) is 20.0 Å². The van der Waals surface area contributed by atoms with Gasteiger partial charge in [-0.25, -0.2) is 0 Å². The van der Waals surface area contributed by atoms with Crippen molar-refractivity contribution >= 4 is 36.2 Å². The highest BCUT2D eigenvalue weighted by molar-refractivity contribution is 5.97. The van der Waals surface area contributed by atoms with Crippen LogP contribution in [0, 0.1) is 0 Å². The molecule has 37 heavy (non-hydrogen) atoms. The van der Waals surface area contributed by atoms with Crippen molar-refractivity contribution in [1.82, 2.24) is 10.6 Å². The van der Waals surface area contributed by atoms with Gasteiger partial charge in [-0.1, -0.05) is 90.9 Å². The molecule has 0 atom stereocenters. The Bertz CT molecular complexity index is 581. The minimum atomic E-state index is 0. The van der Waals surface area contributed by atoms with Crippen molar-refractivity contribution in [3.05, 3.63) is 0 Å². The third kappa shape index (κ3) is 28.2. The van der Waals surface area contributed by atoms with Gasteiger partial charge in [0.25, 0.3) is 0 Å². The molecule has 11 heteroatoms. The number of rotatable bonds is 21. The third-order valence-corrected chi connectivity index (χ3v) is 5.73. The minimum absolute atomic E-state index is 0. The SMILES string of the molecule is CCCCCCCCCN=C(N)NC(N)=NCCCCN=C(N)NC(N)=NCCCCCCCCC.Cl. The second-order valence-electron chi connectivity index (χ2n) is 9.27. The van der Waals surface area contributed by atoms with Gasteiger partial charge < -0.3 is 22.9 Å². The summed E-state index contributed by atoms with van der Waals surface area (Å²) in [5.41, 5.74) is 23.5. The summed E-state index contributed by atoms with van der Waals surface area (Å²) in [6.45, 7) is 7.04. The Morgan fingerprint density at radius 1 is 0.405 bits per heavy atom. The van der Waals surface area contributed by atoms with Crippen LogP contribution in [-0.4, -0.2) is 50.0 Å². The number of aliphatic imine (C=N–C) groups is 4. The van der Waals surface area contributed by atoms with E-state index >= 15 is 0 Å². The van der Waals surface area contributed by atoms with Gasteiger partial charge in [-0.15, -0.1) is 12.4 Å². The molecule has 0 unspecified atom stereocenters. The fourth-order valence-electron chi connectivity index (χ4n) is 3.58. The maximum atomic E-state index is 5.87. The number of guanidine groups is 4. The first-order chi connectivity index (χ1) is 17.5. The highest BCUT2D eigenvalue weighted by Gasteiger charge is 1.98. The molecule has 10 nitrogen and oxygen atoms in total. The second kappa shape index (κ2) is 28.3. The van der Waals surface area contributed by atoms with Crippen LogP contribution >= 0.6 is 12.4 Å². The summed E-state index contributed by atoms with van der Waals surface area (Å²) < 4.78 is 0. The molecule has 0 aliphatic carbocycles. The Morgan fingerprint density at radius 3 is 0.892 bits per heavy atom. The zero-order chi connectivity index (χ0) is 26.7. The molecule has 218 valence electrons. The van der Waals surface area contributed by atoms with E-state index in [1.165, 1.54) is 77.0 Å². The van der Waals surface area contributed by atoms with Crippen LogP contribution < -0.4 is 33.6 Å². The summed E-state index contributed by atoms with van der Waals surface area (Å²) in [6, 6.07) is 0. The molecule has 0 radical (unpaired) electrons. The average molecular weight is 545 g/mol. The van der Waals surface area contributed by atoms with Crippen LogP contribution in [0.2, 0.25) is 0 Å². The van der Waals surface area contributed by atoms with Gasteiger partial charge in [-0.2, -0.15) is 0 Å². The molecule has 0 rings (SSSR count). The Hall–Kier alpha value is -2.23. The lowest BCUT2D eigenvalue weighted by Gasteiger charge is -2.06. The van der Waals surface area contributed by atoms with Crippen LogP contribution in [0.1, 0.15) is 117 Å². The number of nitrogens with zero attached hydrogens (tertiary/aromatic N) is 4. The van der Waals surface area contributed by atoms with Crippen molar-refractivity contribution in [2.24, 2.45) is 42.9 Å². The lowest BCUT2D eigenvalue weighted by Crippen LogP contribution is -2.42.